The molecule has 0 heterocycles. The van der Waals surface area contributed by atoms with Crippen molar-refractivity contribution < 1.29 is 0 Å². The van der Waals surface area contributed by atoms with Crippen molar-refractivity contribution in [3.05, 3.63) is 131 Å². The van der Waals surface area contributed by atoms with Crippen LogP contribution in [0.25, 0.3) is 10.8 Å². The van der Waals surface area contributed by atoms with E-state index < -0.39 is 0 Å². The van der Waals surface area contributed by atoms with Crippen LogP contribution in [-0.4, -0.2) is 0 Å². The Morgan fingerprint density at radius 3 is 1.36 bits per heavy atom. The number of hydrogen-bond acceptors (Lipinski definition) is 0. The Labute approximate surface area is 166 Å². The van der Waals surface area contributed by atoms with Gasteiger partial charge in [0.15, 0.2) is 0 Å². The molecule has 0 radical (unpaired) electrons. The molecule has 0 saturated carbocycles. The van der Waals surface area contributed by atoms with Crippen molar-refractivity contribution in [2.45, 2.75) is 23.7 Å². The second-order valence-corrected chi connectivity index (χ2v) is 8.10. The highest BCUT2D eigenvalue weighted by Gasteiger charge is 2.44. The van der Waals surface area contributed by atoms with Gasteiger partial charge in [-0.05, 0) is 33.0 Å². The molecule has 4 atom stereocenters. The molecule has 0 heteroatoms. The first-order chi connectivity index (χ1) is 13.9. The minimum Gasteiger partial charge on any atom is -0.0797 e. The van der Waals surface area contributed by atoms with Gasteiger partial charge < -0.3 is 0 Å². The first-order valence-corrected chi connectivity index (χ1v) is 10.2. The van der Waals surface area contributed by atoms with Crippen LogP contribution in [0.4, 0.5) is 0 Å². The van der Waals surface area contributed by atoms with Gasteiger partial charge in [-0.15, -0.1) is 0 Å². The summed E-state index contributed by atoms with van der Waals surface area (Å²) < 4.78 is 0. The van der Waals surface area contributed by atoms with Gasteiger partial charge in [-0.2, -0.15) is 0 Å². The van der Waals surface area contributed by atoms with Crippen molar-refractivity contribution in [3.63, 3.8) is 0 Å². The van der Waals surface area contributed by atoms with Gasteiger partial charge in [-0.1, -0.05) is 109 Å². The van der Waals surface area contributed by atoms with Crippen molar-refractivity contribution in [2.75, 3.05) is 0 Å². The minimum absolute atomic E-state index is 0.421. The lowest BCUT2D eigenvalue weighted by Crippen LogP contribution is -2.23. The van der Waals surface area contributed by atoms with E-state index in [2.05, 4.69) is 109 Å². The molecule has 0 fully saturated rings. The number of rotatable bonds is 2. The molecule has 0 amide bonds. The number of allylic oxidation sites excluding steroid dienone is 2. The molecule has 0 unspecified atom stereocenters. The summed E-state index contributed by atoms with van der Waals surface area (Å²) in [7, 11) is 0. The van der Waals surface area contributed by atoms with E-state index in [1.165, 1.54) is 33.0 Å². The average molecular weight is 358 g/mol. The fraction of sp³-hybridized carbons (Fsp3) is 0.143. The van der Waals surface area contributed by atoms with Crippen LogP contribution in [0, 0.1) is 0 Å². The maximum Gasteiger partial charge on any atom is 0.00933 e. The molecule has 0 saturated heterocycles. The Hall–Kier alpha value is -3.12. The molecule has 4 aromatic rings. The lowest BCUT2D eigenvalue weighted by molar-refractivity contribution is 0.459. The molecule has 0 bridgehead atoms. The monoisotopic (exact) mass is 358 g/mol. The Balaban J connectivity index is 1.61. The zero-order chi connectivity index (χ0) is 18.5. The molecule has 134 valence electrons. The van der Waals surface area contributed by atoms with Gasteiger partial charge in [-0.25, -0.2) is 0 Å². The van der Waals surface area contributed by atoms with Crippen LogP contribution < -0.4 is 0 Å². The highest BCUT2D eigenvalue weighted by atomic mass is 14.5. The molecule has 0 spiro atoms. The molecule has 0 nitrogen and oxygen atoms in total. The molecule has 6 rings (SSSR count). The largest absolute Gasteiger partial charge is 0.0797 e. The average Bonchev–Trinajstić information content (AvgIpc) is 3.11. The summed E-state index contributed by atoms with van der Waals surface area (Å²) in [6.07, 6.45) is 4.94. The van der Waals surface area contributed by atoms with Gasteiger partial charge in [0.2, 0.25) is 0 Å². The molecular weight excluding hydrogens is 336 g/mol. The number of fused-ring (bicyclic) bond motifs is 3. The van der Waals surface area contributed by atoms with E-state index in [4.69, 9.17) is 0 Å². The predicted octanol–water partition coefficient (Wildman–Crippen LogP) is 7.16. The summed E-state index contributed by atoms with van der Waals surface area (Å²) in [6, 6.07) is 35.8. The highest BCUT2D eigenvalue weighted by Crippen LogP contribution is 2.60. The van der Waals surface area contributed by atoms with Gasteiger partial charge >= 0.3 is 0 Å². The van der Waals surface area contributed by atoms with Crippen LogP contribution >= 0.6 is 0 Å². The van der Waals surface area contributed by atoms with Crippen LogP contribution in [0.1, 0.15) is 45.9 Å². The fourth-order valence-corrected chi connectivity index (χ4v) is 5.64. The summed E-state index contributed by atoms with van der Waals surface area (Å²) in [5.41, 5.74) is 5.89. The fourth-order valence-electron chi connectivity index (χ4n) is 5.64. The third-order valence-corrected chi connectivity index (χ3v) is 6.74. The smallest absolute Gasteiger partial charge is 0.00933 e. The van der Waals surface area contributed by atoms with Crippen LogP contribution in [0.15, 0.2) is 109 Å². The Morgan fingerprint density at radius 2 is 0.893 bits per heavy atom. The number of benzene rings is 4. The zero-order valence-electron chi connectivity index (χ0n) is 15.7. The van der Waals surface area contributed by atoms with Crippen molar-refractivity contribution in [2.24, 2.45) is 0 Å². The van der Waals surface area contributed by atoms with E-state index in [1.807, 2.05) is 0 Å². The highest BCUT2D eigenvalue weighted by molar-refractivity contribution is 5.93. The Kier molecular flexibility index (Phi) is 3.52. The van der Waals surface area contributed by atoms with E-state index in [0.29, 0.717) is 23.7 Å². The molecular formula is C28H22. The van der Waals surface area contributed by atoms with E-state index in [1.54, 1.807) is 0 Å². The molecule has 28 heavy (non-hydrogen) atoms. The lowest BCUT2D eigenvalue weighted by atomic mass is 9.66. The summed E-state index contributed by atoms with van der Waals surface area (Å²) in [4.78, 5) is 0. The molecule has 2 aliphatic rings. The first kappa shape index (κ1) is 15.9. The van der Waals surface area contributed by atoms with Gasteiger partial charge in [0.25, 0.3) is 0 Å². The second kappa shape index (κ2) is 6.21. The standard InChI is InChI=1S/C28H22/c1-3-9-19(10-4-1)22-17-18-23(20-11-5-2-6-12-20)28-25-16-8-14-21-13-7-15-24(26(21)25)27(22)28/h1-18,22-23,27-28H/t22-,23+,27+,28-. The van der Waals surface area contributed by atoms with Gasteiger partial charge in [0.1, 0.15) is 0 Å². The quantitative estimate of drug-likeness (QED) is 0.334. The molecule has 0 aromatic heterocycles. The van der Waals surface area contributed by atoms with Crippen molar-refractivity contribution in [1.29, 1.82) is 0 Å². The third-order valence-electron chi connectivity index (χ3n) is 6.74. The van der Waals surface area contributed by atoms with Crippen LogP contribution in [0.2, 0.25) is 0 Å². The van der Waals surface area contributed by atoms with E-state index in [0.717, 1.165) is 0 Å². The topological polar surface area (TPSA) is 0 Å². The normalized spacial score (nSPS) is 25.0. The van der Waals surface area contributed by atoms with Crippen LogP contribution in [-0.2, 0) is 0 Å². The lowest BCUT2D eigenvalue weighted by Gasteiger charge is -2.37. The Bertz CT molecular complexity index is 1080. The first-order valence-electron chi connectivity index (χ1n) is 10.2. The second-order valence-electron chi connectivity index (χ2n) is 8.10. The van der Waals surface area contributed by atoms with E-state index in [-0.39, 0.29) is 0 Å². The summed E-state index contributed by atoms with van der Waals surface area (Å²) in [5.74, 6) is 1.81. The third kappa shape index (κ3) is 2.24. The maximum absolute atomic E-state index is 2.47. The van der Waals surface area contributed by atoms with Crippen molar-refractivity contribution >= 4 is 10.8 Å². The number of hydrogen-bond donors (Lipinski definition) is 0. The summed E-state index contributed by atoms with van der Waals surface area (Å²) >= 11 is 0. The van der Waals surface area contributed by atoms with Crippen LogP contribution in [0.5, 0.6) is 0 Å². The molecule has 4 aromatic carbocycles. The summed E-state index contributed by atoms with van der Waals surface area (Å²) in [6.45, 7) is 0. The van der Waals surface area contributed by atoms with Crippen molar-refractivity contribution in [1.82, 2.24) is 0 Å². The zero-order valence-corrected chi connectivity index (χ0v) is 15.7. The summed E-state index contributed by atoms with van der Waals surface area (Å²) in [5, 5.41) is 2.87. The Morgan fingerprint density at radius 1 is 0.429 bits per heavy atom. The van der Waals surface area contributed by atoms with E-state index >= 15 is 0 Å². The SMILES string of the molecule is C1=C[C@@H](c2ccccc2)[C@@H]2c3cccc4cccc(c34)[C@@H]2[C@H]1c1ccccc1. The molecule has 0 N–H and O–H groups in total. The van der Waals surface area contributed by atoms with E-state index in [9.17, 15) is 0 Å². The van der Waals surface area contributed by atoms with Crippen LogP contribution in [0.3, 0.4) is 0 Å². The predicted molar refractivity (Wildman–Crippen MR) is 117 cm³/mol. The molecule has 2 aliphatic carbocycles. The molecule has 0 aliphatic heterocycles. The minimum atomic E-state index is 0.421. The maximum atomic E-state index is 2.47. The van der Waals surface area contributed by atoms with Gasteiger partial charge in [0, 0.05) is 23.7 Å². The van der Waals surface area contributed by atoms with Crippen molar-refractivity contribution in [3.8, 4) is 0 Å². The van der Waals surface area contributed by atoms with Gasteiger partial charge in [-0.3, -0.25) is 0 Å². The van der Waals surface area contributed by atoms with Gasteiger partial charge in [0.05, 0.1) is 0 Å².